The average Bonchev–Trinajstić information content (AvgIpc) is 3.10. The van der Waals surface area contributed by atoms with Gasteiger partial charge in [0.1, 0.15) is 29.7 Å². The van der Waals surface area contributed by atoms with E-state index in [9.17, 15) is 4.79 Å². The van der Waals surface area contributed by atoms with Gasteiger partial charge < -0.3 is 20.5 Å². The molecule has 0 aliphatic rings. The molecular weight excluding hydrogens is 382 g/mol. The average molecular weight is 402 g/mol. The van der Waals surface area contributed by atoms with Crippen molar-refractivity contribution in [2.75, 3.05) is 31.4 Å². The van der Waals surface area contributed by atoms with Crippen molar-refractivity contribution in [1.29, 1.82) is 0 Å². The van der Waals surface area contributed by atoms with Gasteiger partial charge in [-0.2, -0.15) is 5.10 Å². The first-order valence-electron chi connectivity index (χ1n) is 8.47. The zero-order valence-electron chi connectivity index (χ0n) is 15.5. The molecule has 0 unspecified atom stereocenters. The molecule has 0 saturated carbocycles. The first kappa shape index (κ1) is 19.7. The number of aryl methyl sites for hydroxylation is 1. The van der Waals surface area contributed by atoms with E-state index in [0.29, 0.717) is 46.6 Å². The Kier molecular flexibility index (Phi) is 6.13. The number of benzene rings is 1. The Bertz CT molecular complexity index is 989. The Morgan fingerprint density at radius 2 is 2.04 bits per heavy atom. The van der Waals surface area contributed by atoms with Crippen LogP contribution in [0.15, 0.2) is 42.6 Å². The summed E-state index contributed by atoms with van der Waals surface area (Å²) in [6, 6.07) is 10.3. The van der Waals surface area contributed by atoms with Gasteiger partial charge in [0.15, 0.2) is 0 Å². The summed E-state index contributed by atoms with van der Waals surface area (Å²) in [6.07, 6.45) is 1.55. The van der Waals surface area contributed by atoms with E-state index in [0.717, 1.165) is 0 Å². The fourth-order valence-electron chi connectivity index (χ4n) is 2.59. The van der Waals surface area contributed by atoms with E-state index < -0.39 is 0 Å². The lowest BCUT2D eigenvalue weighted by Gasteiger charge is -2.12. The number of carbonyl (C=O) groups is 1. The largest absolute Gasteiger partial charge is 0.491 e. The highest BCUT2D eigenvalue weighted by molar-refractivity contribution is 6.33. The molecule has 9 heteroatoms. The van der Waals surface area contributed by atoms with Gasteiger partial charge in [-0.25, -0.2) is 4.98 Å². The number of ether oxygens (including phenoxy) is 2. The fraction of sp³-hybridized carbons (Fsp3) is 0.211. The molecule has 0 aliphatic carbocycles. The molecule has 0 spiro atoms. The minimum absolute atomic E-state index is 0.235. The van der Waals surface area contributed by atoms with E-state index in [4.69, 9.17) is 26.8 Å². The summed E-state index contributed by atoms with van der Waals surface area (Å²) >= 11 is 6.33. The maximum absolute atomic E-state index is 12.3. The maximum Gasteiger partial charge on any atom is 0.275 e. The van der Waals surface area contributed by atoms with Crippen LogP contribution in [0, 0.1) is 0 Å². The number of methoxy groups -OCH3 is 1. The van der Waals surface area contributed by atoms with Crippen LogP contribution < -0.4 is 15.8 Å². The molecule has 0 saturated heterocycles. The molecule has 3 rings (SSSR count). The summed E-state index contributed by atoms with van der Waals surface area (Å²) in [5, 5.41) is 7.19. The summed E-state index contributed by atoms with van der Waals surface area (Å²) in [5.41, 5.74) is 7.86. The topological polar surface area (TPSA) is 104 Å². The second-order valence-electron chi connectivity index (χ2n) is 5.91. The third-order valence-corrected chi connectivity index (χ3v) is 4.33. The van der Waals surface area contributed by atoms with Gasteiger partial charge >= 0.3 is 0 Å². The van der Waals surface area contributed by atoms with Crippen LogP contribution in [0.4, 0.5) is 11.6 Å². The monoisotopic (exact) mass is 401 g/mol. The second kappa shape index (κ2) is 8.73. The number of rotatable bonds is 7. The summed E-state index contributed by atoms with van der Waals surface area (Å²) in [6.45, 7) is 0.900. The maximum atomic E-state index is 12.3. The van der Waals surface area contributed by atoms with Crippen LogP contribution in [0.25, 0.3) is 11.1 Å². The molecule has 3 aromatic rings. The van der Waals surface area contributed by atoms with Gasteiger partial charge in [-0.1, -0.05) is 11.6 Å². The SMILES string of the molecule is COCCOc1ccc(Cl)c(-c2ccc(NC(=O)c3ccnn3C)nc2N)c1. The smallest absolute Gasteiger partial charge is 0.275 e. The summed E-state index contributed by atoms with van der Waals surface area (Å²) in [5.74, 6) is 0.880. The van der Waals surface area contributed by atoms with Crippen molar-refractivity contribution in [3.63, 3.8) is 0 Å². The van der Waals surface area contributed by atoms with Crippen molar-refractivity contribution in [1.82, 2.24) is 14.8 Å². The van der Waals surface area contributed by atoms with Gasteiger partial charge in [-0.15, -0.1) is 0 Å². The molecule has 3 N–H and O–H groups in total. The number of pyridine rings is 1. The number of anilines is 2. The highest BCUT2D eigenvalue weighted by atomic mass is 35.5. The predicted octanol–water partition coefficient (Wildman–Crippen LogP) is 3.00. The lowest BCUT2D eigenvalue weighted by atomic mass is 10.1. The fourth-order valence-corrected chi connectivity index (χ4v) is 2.81. The molecule has 8 nitrogen and oxygen atoms in total. The molecule has 0 radical (unpaired) electrons. The molecule has 0 bridgehead atoms. The first-order valence-corrected chi connectivity index (χ1v) is 8.85. The van der Waals surface area contributed by atoms with Gasteiger partial charge in [0, 0.05) is 36.5 Å². The van der Waals surface area contributed by atoms with Gasteiger partial charge in [0.25, 0.3) is 5.91 Å². The van der Waals surface area contributed by atoms with Crippen LogP contribution in [0.1, 0.15) is 10.5 Å². The first-order chi connectivity index (χ1) is 13.5. The lowest BCUT2D eigenvalue weighted by molar-refractivity contribution is 0.101. The van der Waals surface area contributed by atoms with Crippen LogP contribution >= 0.6 is 11.6 Å². The van der Waals surface area contributed by atoms with Crippen LogP contribution in [-0.4, -0.2) is 41.0 Å². The molecule has 2 aromatic heterocycles. The van der Waals surface area contributed by atoms with Crippen molar-refractivity contribution < 1.29 is 14.3 Å². The number of nitrogens with two attached hydrogens (primary N) is 1. The Hall–Kier alpha value is -3.10. The molecule has 0 fully saturated rings. The molecule has 146 valence electrons. The van der Waals surface area contributed by atoms with E-state index in [1.54, 1.807) is 56.8 Å². The number of carbonyl (C=O) groups excluding carboxylic acids is 1. The summed E-state index contributed by atoms with van der Waals surface area (Å²) < 4.78 is 12.1. The Balaban J connectivity index is 1.81. The third kappa shape index (κ3) is 4.41. The van der Waals surface area contributed by atoms with E-state index in [2.05, 4.69) is 15.4 Å². The number of hydrogen-bond donors (Lipinski definition) is 2. The molecule has 2 heterocycles. The number of aromatic nitrogens is 3. The highest BCUT2D eigenvalue weighted by Gasteiger charge is 2.14. The predicted molar refractivity (Wildman–Crippen MR) is 108 cm³/mol. The number of nitrogens with zero attached hydrogens (tertiary/aromatic N) is 3. The van der Waals surface area contributed by atoms with Gasteiger partial charge in [0.05, 0.1) is 6.61 Å². The zero-order chi connectivity index (χ0) is 20.1. The highest BCUT2D eigenvalue weighted by Crippen LogP contribution is 2.34. The van der Waals surface area contributed by atoms with Crippen molar-refractivity contribution in [2.24, 2.45) is 7.05 Å². The normalized spacial score (nSPS) is 10.7. The van der Waals surface area contributed by atoms with Crippen molar-refractivity contribution >= 4 is 29.1 Å². The number of halogens is 1. The number of nitrogen functional groups attached to an aromatic ring is 1. The quantitative estimate of drug-likeness (QED) is 0.590. The lowest BCUT2D eigenvalue weighted by Crippen LogP contribution is -2.17. The van der Waals surface area contributed by atoms with E-state index in [1.807, 2.05) is 0 Å². The van der Waals surface area contributed by atoms with E-state index in [-0.39, 0.29) is 11.7 Å². The van der Waals surface area contributed by atoms with E-state index in [1.165, 1.54) is 4.68 Å². The Labute approximate surface area is 167 Å². The minimum Gasteiger partial charge on any atom is -0.491 e. The van der Waals surface area contributed by atoms with E-state index >= 15 is 0 Å². The van der Waals surface area contributed by atoms with Crippen molar-refractivity contribution in [2.45, 2.75) is 0 Å². The number of nitrogens with one attached hydrogen (secondary N) is 1. The van der Waals surface area contributed by atoms with Crippen LogP contribution in [-0.2, 0) is 11.8 Å². The Morgan fingerprint density at radius 1 is 1.21 bits per heavy atom. The standard InChI is InChI=1S/C19H20ClN5O3/c1-25-16(7-8-22-25)19(26)24-17-6-4-13(18(21)23-17)14-11-12(3-5-15(14)20)28-10-9-27-2/h3-8,11H,9-10H2,1-2H3,(H3,21,23,24,26). The van der Waals surface area contributed by atoms with Crippen molar-refractivity contribution in [3.8, 4) is 16.9 Å². The minimum atomic E-state index is -0.328. The summed E-state index contributed by atoms with van der Waals surface area (Å²) in [7, 11) is 3.29. The molecule has 0 atom stereocenters. The van der Waals surface area contributed by atoms with Gasteiger partial charge in [-0.3, -0.25) is 9.48 Å². The molecular formula is C19H20ClN5O3. The van der Waals surface area contributed by atoms with Crippen LogP contribution in [0.3, 0.4) is 0 Å². The van der Waals surface area contributed by atoms with Crippen molar-refractivity contribution in [3.05, 3.63) is 53.3 Å². The Morgan fingerprint density at radius 3 is 2.71 bits per heavy atom. The molecule has 0 aliphatic heterocycles. The van der Waals surface area contributed by atoms with Crippen LogP contribution in [0.5, 0.6) is 5.75 Å². The van der Waals surface area contributed by atoms with Gasteiger partial charge in [0.2, 0.25) is 0 Å². The molecule has 1 aromatic carbocycles. The molecule has 28 heavy (non-hydrogen) atoms. The second-order valence-corrected chi connectivity index (χ2v) is 6.31. The zero-order valence-corrected chi connectivity index (χ0v) is 16.2. The number of hydrogen-bond acceptors (Lipinski definition) is 6. The third-order valence-electron chi connectivity index (χ3n) is 4.00. The number of amides is 1. The van der Waals surface area contributed by atoms with Crippen LogP contribution in [0.2, 0.25) is 5.02 Å². The molecule has 1 amide bonds. The van der Waals surface area contributed by atoms with Gasteiger partial charge in [-0.05, 0) is 36.4 Å². The summed E-state index contributed by atoms with van der Waals surface area (Å²) in [4.78, 5) is 16.6.